The zero-order valence-electron chi connectivity index (χ0n) is 19.2. The van der Waals surface area contributed by atoms with E-state index < -0.39 is 0 Å². The van der Waals surface area contributed by atoms with Crippen LogP contribution in [0.4, 0.5) is 0 Å². The van der Waals surface area contributed by atoms with Crippen LogP contribution in [0.15, 0.2) is 84.9 Å². The number of nitrogens with zero attached hydrogens (tertiary/aromatic N) is 3. The molecule has 1 heterocycles. The van der Waals surface area contributed by atoms with Gasteiger partial charge in [0.1, 0.15) is 12.4 Å². The average Bonchev–Trinajstić information content (AvgIpc) is 3.23. The molecule has 0 spiro atoms. The zero-order chi connectivity index (χ0) is 22.6. The fourth-order valence-corrected chi connectivity index (χ4v) is 5.18. The maximum atomic E-state index is 13.5. The molecule has 1 saturated carbocycles. The third-order valence-electron chi connectivity index (χ3n) is 7.02. The van der Waals surface area contributed by atoms with E-state index in [1.165, 1.54) is 30.4 Å². The first kappa shape index (κ1) is 21.4. The molecule has 0 N–H and O–H groups in total. The normalized spacial score (nSPS) is 14.6. The minimum Gasteiger partial charge on any atom is -0.341 e. The van der Waals surface area contributed by atoms with Gasteiger partial charge >= 0.3 is 0 Å². The van der Waals surface area contributed by atoms with Gasteiger partial charge in [-0.05, 0) is 36.1 Å². The van der Waals surface area contributed by atoms with Crippen molar-refractivity contribution in [2.45, 2.75) is 50.6 Å². The lowest BCUT2D eigenvalue weighted by Crippen LogP contribution is -2.40. The van der Waals surface area contributed by atoms with Crippen LogP contribution >= 0.6 is 0 Å². The summed E-state index contributed by atoms with van der Waals surface area (Å²) < 4.78 is 2.14. The lowest BCUT2D eigenvalue weighted by atomic mass is 9.90. The Hall–Kier alpha value is -3.40. The molecule has 1 aliphatic rings. The van der Waals surface area contributed by atoms with Crippen LogP contribution in [-0.2, 0) is 11.3 Å². The monoisotopic (exact) mass is 437 g/mol. The predicted molar refractivity (Wildman–Crippen MR) is 133 cm³/mol. The molecule has 33 heavy (non-hydrogen) atoms. The summed E-state index contributed by atoms with van der Waals surface area (Å²) in [5.74, 6) is 1.03. The van der Waals surface area contributed by atoms with Gasteiger partial charge in [0.05, 0.1) is 17.0 Å². The van der Waals surface area contributed by atoms with Gasteiger partial charge in [-0.25, -0.2) is 4.98 Å². The standard InChI is InChI=1S/C29H31N3O/c1-31(24-17-9-4-10-18-24)27(33)21-32-26-20-12-11-19-25(26)30-29(32)28(22-13-5-2-6-14-22)23-15-7-3-8-16-23/h2-3,5-8,11-16,19-20,24,28H,4,9-10,17-18,21H2,1H3. The molecular formula is C29H31N3O. The summed E-state index contributed by atoms with van der Waals surface area (Å²) >= 11 is 0. The summed E-state index contributed by atoms with van der Waals surface area (Å²) in [4.78, 5) is 20.5. The van der Waals surface area contributed by atoms with Crippen LogP contribution < -0.4 is 0 Å². The molecule has 0 unspecified atom stereocenters. The molecule has 0 aliphatic heterocycles. The molecule has 1 aliphatic carbocycles. The van der Waals surface area contributed by atoms with Gasteiger partial charge in [-0.3, -0.25) is 4.79 Å². The Balaban J connectivity index is 1.59. The minimum absolute atomic E-state index is 0.0485. The van der Waals surface area contributed by atoms with Crippen molar-refractivity contribution in [1.29, 1.82) is 0 Å². The highest BCUT2D eigenvalue weighted by Crippen LogP contribution is 2.33. The Morgan fingerprint density at radius 1 is 0.879 bits per heavy atom. The summed E-state index contributed by atoms with van der Waals surface area (Å²) in [5, 5.41) is 0. The van der Waals surface area contributed by atoms with Gasteiger partial charge in [-0.15, -0.1) is 0 Å². The quantitative estimate of drug-likeness (QED) is 0.371. The molecule has 1 aromatic heterocycles. The molecule has 1 fully saturated rings. The van der Waals surface area contributed by atoms with Crippen molar-refractivity contribution in [3.8, 4) is 0 Å². The first-order valence-corrected chi connectivity index (χ1v) is 12.0. The van der Waals surface area contributed by atoms with Crippen molar-refractivity contribution in [1.82, 2.24) is 14.5 Å². The highest BCUT2D eigenvalue weighted by Gasteiger charge is 2.27. The second kappa shape index (κ2) is 9.62. The van der Waals surface area contributed by atoms with Crippen LogP contribution in [-0.4, -0.2) is 33.4 Å². The third-order valence-corrected chi connectivity index (χ3v) is 7.02. The molecule has 3 aromatic carbocycles. The van der Waals surface area contributed by atoms with Crippen molar-refractivity contribution >= 4 is 16.9 Å². The molecule has 0 saturated heterocycles. The fourth-order valence-electron chi connectivity index (χ4n) is 5.18. The third kappa shape index (κ3) is 4.43. The van der Waals surface area contributed by atoms with Crippen LogP contribution in [0.3, 0.4) is 0 Å². The van der Waals surface area contributed by atoms with Crippen LogP contribution in [0.1, 0.15) is 55.0 Å². The van der Waals surface area contributed by atoms with Gasteiger partial charge in [0.25, 0.3) is 0 Å². The molecule has 0 bridgehead atoms. The number of carbonyl (C=O) groups excluding carboxylic acids is 1. The van der Waals surface area contributed by atoms with Crippen LogP contribution in [0.5, 0.6) is 0 Å². The van der Waals surface area contributed by atoms with E-state index >= 15 is 0 Å². The topological polar surface area (TPSA) is 38.1 Å². The Morgan fingerprint density at radius 3 is 2.09 bits per heavy atom. The zero-order valence-corrected chi connectivity index (χ0v) is 19.2. The van der Waals surface area contributed by atoms with Gasteiger partial charge in [-0.1, -0.05) is 92.1 Å². The van der Waals surface area contributed by atoms with Crippen LogP contribution in [0.2, 0.25) is 0 Å². The predicted octanol–water partition coefficient (Wildman–Crippen LogP) is 6.01. The number of benzene rings is 3. The molecule has 0 atom stereocenters. The summed E-state index contributed by atoms with van der Waals surface area (Å²) in [7, 11) is 1.98. The van der Waals surface area contributed by atoms with E-state index in [2.05, 4.69) is 59.2 Å². The summed E-state index contributed by atoms with van der Waals surface area (Å²) in [5.41, 5.74) is 4.29. The number of rotatable bonds is 6. The van der Waals surface area contributed by atoms with Gasteiger partial charge < -0.3 is 9.47 Å². The van der Waals surface area contributed by atoms with Gasteiger partial charge in [0, 0.05) is 13.1 Å². The van der Waals surface area contributed by atoms with Crippen molar-refractivity contribution < 1.29 is 4.79 Å². The SMILES string of the molecule is CN(C(=O)Cn1c(C(c2ccccc2)c2ccccc2)nc2ccccc21)C1CCCCC1. The first-order valence-electron chi connectivity index (χ1n) is 12.0. The van der Waals surface area contributed by atoms with Crippen LogP contribution in [0.25, 0.3) is 11.0 Å². The van der Waals surface area contributed by atoms with Crippen molar-refractivity contribution in [2.24, 2.45) is 0 Å². The van der Waals surface area contributed by atoms with E-state index in [0.717, 1.165) is 29.7 Å². The molecule has 1 amide bonds. The number of para-hydroxylation sites is 2. The Morgan fingerprint density at radius 2 is 1.45 bits per heavy atom. The second-order valence-corrected chi connectivity index (χ2v) is 9.10. The molecule has 4 nitrogen and oxygen atoms in total. The largest absolute Gasteiger partial charge is 0.341 e. The van der Waals surface area contributed by atoms with Crippen molar-refractivity contribution in [2.75, 3.05) is 7.05 Å². The highest BCUT2D eigenvalue weighted by molar-refractivity contribution is 5.81. The van der Waals surface area contributed by atoms with E-state index in [-0.39, 0.29) is 11.8 Å². The summed E-state index contributed by atoms with van der Waals surface area (Å²) in [6.45, 7) is 0.305. The van der Waals surface area contributed by atoms with E-state index in [1.807, 2.05) is 42.3 Å². The number of hydrogen-bond donors (Lipinski definition) is 0. The lowest BCUT2D eigenvalue weighted by molar-refractivity contribution is -0.133. The average molecular weight is 438 g/mol. The lowest BCUT2D eigenvalue weighted by Gasteiger charge is -2.31. The smallest absolute Gasteiger partial charge is 0.242 e. The summed E-state index contributed by atoms with van der Waals surface area (Å²) in [6.07, 6.45) is 5.93. The van der Waals surface area contributed by atoms with Gasteiger partial charge in [-0.2, -0.15) is 0 Å². The Labute approximate surface area is 195 Å². The number of fused-ring (bicyclic) bond motifs is 1. The van der Waals surface area contributed by atoms with Crippen LogP contribution in [0, 0.1) is 0 Å². The number of aromatic nitrogens is 2. The van der Waals surface area contributed by atoms with Gasteiger partial charge in [0.2, 0.25) is 5.91 Å². The number of carbonyl (C=O) groups is 1. The fraction of sp³-hybridized carbons (Fsp3) is 0.310. The van der Waals surface area contributed by atoms with E-state index in [0.29, 0.717) is 12.6 Å². The van der Waals surface area contributed by atoms with Crippen molar-refractivity contribution in [3.05, 3.63) is 102 Å². The van der Waals surface area contributed by atoms with E-state index in [4.69, 9.17) is 4.98 Å². The summed E-state index contributed by atoms with van der Waals surface area (Å²) in [6, 6.07) is 29.5. The highest BCUT2D eigenvalue weighted by atomic mass is 16.2. The number of imidazole rings is 1. The maximum absolute atomic E-state index is 13.5. The Bertz CT molecular complexity index is 1170. The molecule has 0 radical (unpaired) electrons. The molecule has 4 heteroatoms. The minimum atomic E-state index is -0.0485. The number of likely N-dealkylation sites (N-methyl/N-ethyl adjacent to an activating group) is 1. The Kier molecular flexibility index (Phi) is 6.25. The van der Waals surface area contributed by atoms with Gasteiger partial charge in [0.15, 0.2) is 0 Å². The molecule has 168 valence electrons. The van der Waals surface area contributed by atoms with E-state index in [9.17, 15) is 4.79 Å². The number of hydrogen-bond acceptors (Lipinski definition) is 2. The second-order valence-electron chi connectivity index (χ2n) is 9.10. The molecular weight excluding hydrogens is 406 g/mol. The maximum Gasteiger partial charge on any atom is 0.242 e. The first-order chi connectivity index (χ1) is 16.2. The molecule has 4 aromatic rings. The van der Waals surface area contributed by atoms with E-state index in [1.54, 1.807) is 0 Å². The molecule has 5 rings (SSSR count). The number of amides is 1. The van der Waals surface area contributed by atoms with Crippen molar-refractivity contribution in [3.63, 3.8) is 0 Å².